The Morgan fingerprint density at radius 1 is 1.40 bits per heavy atom. The fraction of sp³-hybridized carbons (Fsp3) is 0.600. The maximum absolute atomic E-state index is 3.86. The van der Waals surface area contributed by atoms with Crippen molar-refractivity contribution in [2.75, 3.05) is 0 Å². The van der Waals surface area contributed by atoms with E-state index in [9.17, 15) is 0 Å². The molecular formula is C10H18. The van der Waals surface area contributed by atoms with E-state index in [1.807, 2.05) is 6.92 Å². The van der Waals surface area contributed by atoms with Gasteiger partial charge in [-0.05, 0) is 26.2 Å². The zero-order valence-corrected chi connectivity index (χ0v) is 7.57. The van der Waals surface area contributed by atoms with Crippen LogP contribution in [0.4, 0.5) is 0 Å². The molecule has 0 unspecified atom stereocenters. The van der Waals surface area contributed by atoms with E-state index in [4.69, 9.17) is 0 Å². The first kappa shape index (κ1) is 9.48. The molecule has 0 spiro atoms. The third-order valence-corrected chi connectivity index (χ3v) is 1.57. The molecule has 0 aromatic heterocycles. The van der Waals surface area contributed by atoms with Gasteiger partial charge in [0.2, 0.25) is 0 Å². The molecule has 0 atom stereocenters. The molecule has 0 N–H and O–H groups in total. The van der Waals surface area contributed by atoms with Gasteiger partial charge < -0.3 is 0 Å². The van der Waals surface area contributed by atoms with E-state index in [1.165, 1.54) is 17.6 Å². The smallest absolute Gasteiger partial charge is 0.0322 e. The van der Waals surface area contributed by atoms with Crippen molar-refractivity contribution in [2.24, 2.45) is 5.92 Å². The molecule has 0 fully saturated rings. The van der Waals surface area contributed by atoms with E-state index < -0.39 is 0 Å². The summed E-state index contributed by atoms with van der Waals surface area (Å²) in [4.78, 5) is 0. The predicted octanol–water partition coefficient (Wildman–Crippen LogP) is 3.55. The molecule has 0 bridgehead atoms. The monoisotopic (exact) mass is 138 g/mol. The first-order valence-electron chi connectivity index (χ1n) is 3.86. The largest absolute Gasteiger partial charge is 0.0959 e. The molecule has 0 aromatic rings. The van der Waals surface area contributed by atoms with Crippen LogP contribution in [0.1, 0.15) is 34.1 Å². The standard InChI is InChI=1S/C10H18/c1-8(2)6-7-10(5)9(3)4/h7-8H,3,6H2,1-2,4-5H3. The average molecular weight is 138 g/mol. The maximum atomic E-state index is 3.86. The second kappa shape index (κ2) is 4.32. The summed E-state index contributed by atoms with van der Waals surface area (Å²) in [5.74, 6) is 0.759. The molecule has 0 saturated heterocycles. The van der Waals surface area contributed by atoms with Crippen LogP contribution in [0.15, 0.2) is 23.8 Å². The Morgan fingerprint density at radius 2 is 1.90 bits per heavy atom. The topological polar surface area (TPSA) is 0 Å². The Morgan fingerprint density at radius 3 is 2.20 bits per heavy atom. The quantitative estimate of drug-likeness (QED) is 0.523. The van der Waals surface area contributed by atoms with Gasteiger partial charge in [-0.15, -0.1) is 0 Å². The van der Waals surface area contributed by atoms with Crippen molar-refractivity contribution in [3.63, 3.8) is 0 Å². The Labute approximate surface area is 64.6 Å². The van der Waals surface area contributed by atoms with Gasteiger partial charge in [0, 0.05) is 0 Å². The van der Waals surface area contributed by atoms with Crippen LogP contribution in [0.5, 0.6) is 0 Å². The lowest BCUT2D eigenvalue weighted by atomic mass is 10.1. The van der Waals surface area contributed by atoms with Crippen molar-refractivity contribution in [3.8, 4) is 0 Å². The summed E-state index contributed by atoms with van der Waals surface area (Å²) in [5.41, 5.74) is 2.51. The molecule has 0 amide bonds. The van der Waals surface area contributed by atoms with Crippen molar-refractivity contribution >= 4 is 0 Å². The summed E-state index contributed by atoms with van der Waals surface area (Å²) in [5, 5.41) is 0. The zero-order valence-electron chi connectivity index (χ0n) is 7.57. The van der Waals surface area contributed by atoms with Crippen molar-refractivity contribution < 1.29 is 0 Å². The summed E-state index contributed by atoms with van der Waals surface area (Å²) in [6.45, 7) is 12.5. The lowest BCUT2D eigenvalue weighted by molar-refractivity contribution is 0.661. The predicted molar refractivity (Wildman–Crippen MR) is 48.0 cm³/mol. The molecule has 0 rings (SSSR count). The molecule has 58 valence electrons. The molecule has 0 aliphatic carbocycles. The number of allylic oxidation sites excluding steroid dienone is 3. The van der Waals surface area contributed by atoms with Gasteiger partial charge in [0.05, 0.1) is 0 Å². The number of rotatable bonds is 3. The van der Waals surface area contributed by atoms with E-state index >= 15 is 0 Å². The number of hydrogen-bond donors (Lipinski definition) is 0. The van der Waals surface area contributed by atoms with Crippen molar-refractivity contribution in [3.05, 3.63) is 23.8 Å². The van der Waals surface area contributed by atoms with Crippen LogP contribution in [-0.2, 0) is 0 Å². The molecule has 0 heteroatoms. The average Bonchev–Trinajstić information content (AvgIpc) is 1.82. The molecular weight excluding hydrogens is 120 g/mol. The fourth-order valence-corrected chi connectivity index (χ4v) is 0.587. The highest BCUT2D eigenvalue weighted by Gasteiger charge is 1.91. The van der Waals surface area contributed by atoms with E-state index in [0.29, 0.717) is 0 Å². The SMILES string of the molecule is C=C(C)C(C)=CCC(C)C. The molecule has 0 nitrogen and oxygen atoms in total. The van der Waals surface area contributed by atoms with Gasteiger partial charge in [-0.25, -0.2) is 0 Å². The second-order valence-electron chi connectivity index (χ2n) is 3.30. The third kappa shape index (κ3) is 4.37. The van der Waals surface area contributed by atoms with Crippen molar-refractivity contribution in [2.45, 2.75) is 34.1 Å². The molecule has 10 heavy (non-hydrogen) atoms. The minimum absolute atomic E-state index is 0.759. The Balaban J connectivity index is 3.81. The van der Waals surface area contributed by atoms with E-state index in [0.717, 1.165) is 5.92 Å². The number of hydrogen-bond acceptors (Lipinski definition) is 0. The summed E-state index contributed by atoms with van der Waals surface area (Å²) in [7, 11) is 0. The van der Waals surface area contributed by atoms with Gasteiger partial charge in [-0.2, -0.15) is 0 Å². The Bertz CT molecular complexity index is 138. The minimum atomic E-state index is 0.759. The first-order chi connectivity index (χ1) is 4.54. The van der Waals surface area contributed by atoms with Crippen LogP contribution < -0.4 is 0 Å². The highest BCUT2D eigenvalue weighted by atomic mass is 14.0. The Hall–Kier alpha value is -0.520. The molecule has 0 radical (unpaired) electrons. The summed E-state index contributed by atoms with van der Waals surface area (Å²) >= 11 is 0. The van der Waals surface area contributed by atoms with Gasteiger partial charge >= 0.3 is 0 Å². The van der Waals surface area contributed by atoms with Crippen LogP contribution in [-0.4, -0.2) is 0 Å². The van der Waals surface area contributed by atoms with Gasteiger partial charge in [0.1, 0.15) is 0 Å². The molecule has 0 aliphatic heterocycles. The highest BCUT2D eigenvalue weighted by Crippen LogP contribution is 2.09. The van der Waals surface area contributed by atoms with Gasteiger partial charge in [0.25, 0.3) is 0 Å². The Kier molecular flexibility index (Phi) is 4.10. The van der Waals surface area contributed by atoms with Crippen LogP contribution in [0, 0.1) is 5.92 Å². The van der Waals surface area contributed by atoms with E-state index in [2.05, 4.69) is 33.4 Å². The van der Waals surface area contributed by atoms with Crippen LogP contribution in [0.3, 0.4) is 0 Å². The van der Waals surface area contributed by atoms with E-state index in [1.54, 1.807) is 0 Å². The van der Waals surface area contributed by atoms with Crippen molar-refractivity contribution in [1.82, 2.24) is 0 Å². The molecule has 0 aromatic carbocycles. The normalized spacial score (nSPS) is 12.3. The lowest BCUT2D eigenvalue weighted by Gasteiger charge is -2.01. The summed E-state index contributed by atoms with van der Waals surface area (Å²) < 4.78 is 0. The van der Waals surface area contributed by atoms with Crippen molar-refractivity contribution in [1.29, 1.82) is 0 Å². The fourth-order valence-electron chi connectivity index (χ4n) is 0.587. The van der Waals surface area contributed by atoms with Crippen LogP contribution in [0.2, 0.25) is 0 Å². The van der Waals surface area contributed by atoms with Gasteiger partial charge in [-0.1, -0.05) is 37.6 Å². The minimum Gasteiger partial charge on any atom is -0.0959 e. The molecule has 0 aliphatic rings. The first-order valence-corrected chi connectivity index (χ1v) is 3.86. The highest BCUT2D eigenvalue weighted by molar-refractivity contribution is 5.23. The summed E-state index contributed by atoms with van der Waals surface area (Å²) in [6.07, 6.45) is 3.42. The third-order valence-electron chi connectivity index (χ3n) is 1.57. The summed E-state index contributed by atoms with van der Waals surface area (Å²) in [6, 6.07) is 0. The molecule has 0 heterocycles. The maximum Gasteiger partial charge on any atom is -0.0322 e. The second-order valence-corrected chi connectivity index (χ2v) is 3.30. The van der Waals surface area contributed by atoms with E-state index in [-0.39, 0.29) is 0 Å². The van der Waals surface area contributed by atoms with Gasteiger partial charge in [0.15, 0.2) is 0 Å². The van der Waals surface area contributed by atoms with Gasteiger partial charge in [-0.3, -0.25) is 0 Å². The van der Waals surface area contributed by atoms with Crippen LogP contribution >= 0.6 is 0 Å². The van der Waals surface area contributed by atoms with Crippen LogP contribution in [0.25, 0.3) is 0 Å². The lowest BCUT2D eigenvalue weighted by Crippen LogP contribution is -1.84. The molecule has 0 saturated carbocycles. The zero-order chi connectivity index (χ0) is 8.15.